The molecule has 1 aliphatic heterocycles. The predicted octanol–water partition coefficient (Wildman–Crippen LogP) is 3.75. The van der Waals surface area contributed by atoms with Gasteiger partial charge in [-0.1, -0.05) is 60.7 Å². The molecule has 30 heavy (non-hydrogen) atoms. The van der Waals surface area contributed by atoms with E-state index in [2.05, 4.69) is 30.3 Å². The van der Waals surface area contributed by atoms with Crippen molar-refractivity contribution in [3.8, 4) is 16.9 Å². The number of quaternary nitrogens is 1. The molecule has 2 heterocycles. The van der Waals surface area contributed by atoms with Crippen molar-refractivity contribution in [1.82, 2.24) is 0 Å². The number of aryl methyl sites for hydroxylation is 1. The van der Waals surface area contributed by atoms with E-state index < -0.39 is 0 Å². The average molecular weight is 398 g/mol. The fourth-order valence-electron chi connectivity index (χ4n) is 4.32. The van der Waals surface area contributed by atoms with Crippen LogP contribution in [0.3, 0.4) is 0 Å². The maximum atomic E-state index is 12.3. The molecule has 150 valence electrons. The Morgan fingerprint density at radius 3 is 2.47 bits per heavy atom. The lowest BCUT2D eigenvalue weighted by atomic mass is 9.97. The summed E-state index contributed by atoms with van der Waals surface area (Å²) in [4.78, 5) is 13.7. The Hall–Kier alpha value is -3.37. The summed E-state index contributed by atoms with van der Waals surface area (Å²) in [6, 6.07) is 24.3. The van der Waals surface area contributed by atoms with Crippen LogP contribution in [0.25, 0.3) is 22.1 Å². The van der Waals surface area contributed by atoms with E-state index in [4.69, 9.17) is 9.15 Å². The Morgan fingerprint density at radius 2 is 1.70 bits per heavy atom. The Morgan fingerprint density at radius 1 is 0.967 bits per heavy atom. The molecule has 1 aliphatic rings. The Kier molecular flexibility index (Phi) is 4.85. The third-order valence-electron chi connectivity index (χ3n) is 5.85. The minimum Gasteiger partial charge on any atom is -0.444 e. The molecule has 5 rings (SSSR count). The van der Waals surface area contributed by atoms with Crippen molar-refractivity contribution in [1.29, 1.82) is 0 Å². The van der Waals surface area contributed by atoms with Gasteiger partial charge >= 0.3 is 5.63 Å². The van der Waals surface area contributed by atoms with E-state index in [1.54, 1.807) is 6.07 Å². The van der Waals surface area contributed by atoms with Crippen molar-refractivity contribution in [3.05, 3.63) is 99.9 Å². The van der Waals surface area contributed by atoms with Crippen LogP contribution >= 0.6 is 0 Å². The van der Waals surface area contributed by atoms with Gasteiger partial charge in [0.25, 0.3) is 0 Å². The quantitative estimate of drug-likeness (QED) is 0.533. The largest absolute Gasteiger partial charge is 0.444 e. The molecule has 0 saturated carbocycles. The van der Waals surface area contributed by atoms with E-state index in [0.717, 1.165) is 47.3 Å². The molecule has 1 unspecified atom stereocenters. The topological polar surface area (TPSA) is 43.9 Å². The monoisotopic (exact) mass is 398 g/mol. The molecule has 0 bridgehead atoms. The van der Waals surface area contributed by atoms with E-state index in [1.807, 2.05) is 43.3 Å². The maximum Gasteiger partial charge on any atom is 0.336 e. The standard InChI is InChI=1S/C26H23NO3/c1-18-25-21(16-27(17-29-25)13-12-19-8-4-2-5-9-19)14-23-22(15-24(28)30-26(18)23)20-10-6-3-7-11-20/h2-11,14-15H,12-13,16-17H2,1H3/p+1. The third kappa shape index (κ3) is 3.51. The SMILES string of the molecule is Cc1c2c(cc3c(-c4ccccc4)cc(=O)oc13)C[NH+](CCc1ccccc1)CO2. The van der Waals surface area contributed by atoms with Crippen LogP contribution in [0.1, 0.15) is 16.7 Å². The zero-order chi connectivity index (χ0) is 20.5. The van der Waals surface area contributed by atoms with Crippen LogP contribution in [-0.2, 0) is 13.0 Å². The van der Waals surface area contributed by atoms with Gasteiger partial charge in [0.15, 0.2) is 0 Å². The van der Waals surface area contributed by atoms with Crippen LogP contribution < -0.4 is 15.3 Å². The summed E-state index contributed by atoms with van der Waals surface area (Å²) >= 11 is 0. The molecule has 1 atom stereocenters. The number of hydrogen-bond acceptors (Lipinski definition) is 3. The molecule has 0 spiro atoms. The normalized spacial score (nSPS) is 15.6. The first kappa shape index (κ1) is 18.6. The molecule has 0 radical (unpaired) electrons. The first-order chi connectivity index (χ1) is 14.7. The van der Waals surface area contributed by atoms with E-state index in [1.165, 1.54) is 16.0 Å². The van der Waals surface area contributed by atoms with Gasteiger partial charge in [-0.05, 0) is 29.7 Å². The van der Waals surface area contributed by atoms with Crippen molar-refractivity contribution in [2.75, 3.05) is 13.3 Å². The molecule has 0 saturated heterocycles. The molecular formula is C26H24NO3+. The van der Waals surface area contributed by atoms with E-state index >= 15 is 0 Å². The second kappa shape index (κ2) is 7.81. The van der Waals surface area contributed by atoms with Gasteiger partial charge in [0, 0.05) is 29.0 Å². The Bertz CT molecular complexity index is 1250. The van der Waals surface area contributed by atoms with Crippen molar-refractivity contribution in [3.63, 3.8) is 0 Å². The Balaban J connectivity index is 1.52. The molecule has 1 N–H and O–H groups in total. The van der Waals surface area contributed by atoms with Gasteiger partial charge in [0.2, 0.25) is 6.73 Å². The number of ether oxygens (including phenoxy) is 1. The second-order valence-electron chi connectivity index (χ2n) is 7.91. The van der Waals surface area contributed by atoms with E-state index in [0.29, 0.717) is 12.3 Å². The van der Waals surface area contributed by atoms with Crippen molar-refractivity contribution in [2.24, 2.45) is 0 Å². The number of rotatable bonds is 4. The lowest BCUT2D eigenvalue weighted by molar-refractivity contribution is -0.932. The van der Waals surface area contributed by atoms with Gasteiger partial charge in [0.1, 0.15) is 17.9 Å². The van der Waals surface area contributed by atoms with Crippen LogP contribution in [0, 0.1) is 6.92 Å². The average Bonchev–Trinajstić information content (AvgIpc) is 2.79. The molecule has 3 aromatic carbocycles. The molecule has 1 aromatic heterocycles. The zero-order valence-corrected chi connectivity index (χ0v) is 17.0. The highest BCUT2D eigenvalue weighted by Gasteiger charge is 2.25. The molecule has 0 aliphatic carbocycles. The molecule has 4 aromatic rings. The highest BCUT2D eigenvalue weighted by molar-refractivity contribution is 5.96. The van der Waals surface area contributed by atoms with Crippen LogP contribution in [0.15, 0.2) is 82.0 Å². The lowest BCUT2D eigenvalue weighted by Gasteiger charge is -2.27. The number of fused-ring (bicyclic) bond motifs is 2. The van der Waals surface area contributed by atoms with Crippen LogP contribution in [0.2, 0.25) is 0 Å². The summed E-state index contributed by atoms with van der Waals surface area (Å²) in [6.45, 7) is 4.50. The molecule has 4 heteroatoms. The summed E-state index contributed by atoms with van der Waals surface area (Å²) < 4.78 is 11.8. The fraction of sp³-hybridized carbons (Fsp3) is 0.192. The predicted molar refractivity (Wildman–Crippen MR) is 118 cm³/mol. The van der Waals surface area contributed by atoms with E-state index in [9.17, 15) is 4.79 Å². The molecule has 4 nitrogen and oxygen atoms in total. The van der Waals surface area contributed by atoms with Gasteiger partial charge in [-0.3, -0.25) is 4.90 Å². The van der Waals surface area contributed by atoms with Crippen molar-refractivity contribution < 1.29 is 14.1 Å². The zero-order valence-electron chi connectivity index (χ0n) is 17.0. The summed E-state index contributed by atoms with van der Waals surface area (Å²) in [5.41, 5.74) is 5.62. The highest BCUT2D eigenvalue weighted by Crippen LogP contribution is 2.36. The van der Waals surface area contributed by atoms with Gasteiger partial charge in [-0.25, -0.2) is 4.79 Å². The fourth-order valence-corrected chi connectivity index (χ4v) is 4.32. The summed E-state index contributed by atoms with van der Waals surface area (Å²) in [5, 5.41) is 0.963. The van der Waals surface area contributed by atoms with Gasteiger partial charge in [-0.2, -0.15) is 0 Å². The smallest absolute Gasteiger partial charge is 0.336 e. The van der Waals surface area contributed by atoms with Crippen LogP contribution in [-0.4, -0.2) is 13.3 Å². The minimum atomic E-state index is -0.338. The molecule has 0 amide bonds. The number of benzene rings is 3. The highest BCUT2D eigenvalue weighted by atomic mass is 16.5. The summed E-state index contributed by atoms with van der Waals surface area (Å²) in [5.74, 6) is 0.860. The summed E-state index contributed by atoms with van der Waals surface area (Å²) in [7, 11) is 0. The first-order valence-corrected chi connectivity index (χ1v) is 10.3. The minimum absolute atomic E-state index is 0.338. The molecular weight excluding hydrogens is 374 g/mol. The lowest BCUT2D eigenvalue weighted by Crippen LogP contribution is -3.12. The number of nitrogens with one attached hydrogen (secondary N) is 1. The van der Waals surface area contributed by atoms with Crippen LogP contribution in [0.5, 0.6) is 5.75 Å². The van der Waals surface area contributed by atoms with E-state index in [-0.39, 0.29) is 5.63 Å². The first-order valence-electron chi connectivity index (χ1n) is 10.3. The molecule has 0 fully saturated rings. The number of hydrogen-bond donors (Lipinski definition) is 1. The van der Waals surface area contributed by atoms with Gasteiger partial charge < -0.3 is 9.15 Å². The van der Waals surface area contributed by atoms with Crippen LogP contribution in [0.4, 0.5) is 0 Å². The van der Waals surface area contributed by atoms with Gasteiger partial charge in [-0.15, -0.1) is 0 Å². The van der Waals surface area contributed by atoms with Crippen molar-refractivity contribution >= 4 is 11.0 Å². The summed E-state index contributed by atoms with van der Waals surface area (Å²) in [6.07, 6.45) is 1.02. The van der Waals surface area contributed by atoms with Gasteiger partial charge in [0.05, 0.1) is 6.54 Å². The maximum absolute atomic E-state index is 12.3. The second-order valence-corrected chi connectivity index (χ2v) is 7.91. The third-order valence-corrected chi connectivity index (χ3v) is 5.85. The Labute approximate surface area is 175 Å². The van der Waals surface area contributed by atoms with Crippen molar-refractivity contribution in [2.45, 2.75) is 19.9 Å².